The van der Waals surface area contributed by atoms with Crippen molar-refractivity contribution in [3.8, 4) is 0 Å². The van der Waals surface area contributed by atoms with Crippen molar-refractivity contribution >= 4 is 5.97 Å². The lowest BCUT2D eigenvalue weighted by Gasteiger charge is -2.07. The number of aliphatic carboxylic acids is 1. The first kappa shape index (κ1) is 7.50. The van der Waals surface area contributed by atoms with Crippen LogP contribution in [0.2, 0.25) is 0 Å². The van der Waals surface area contributed by atoms with E-state index in [9.17, 15) is 4.79 Å². The van der Waals surface area contributed by atoms with Crippen molar-refractivity contribution in [3.05, 3.63) is 0 Å². The number of carboxylic acids is 1. The van der Waals surface area contributed by atoms with Crippen LogP contribution in [0, 0.1) is 5.92 Å². The molecule has 4 heteroatoms. The highest BCUT2D eigenvalue weighted by Gasteiger charge is 2.34. The van der Waals surface area contributed by atoms with E-state index in [1.165, 1.54) is 0 Å². The van der Waals surface area contributed by atoms with Crippen molar-refractivity contribution in [2.24, 2.45) is 5.92 Å². The minimum absolute atomic E-state index is 0.0208. The second kappa shape index (κ2) is 2.56. The third kappa shape index (κ3) is 1.27. The number of aliphatic hydroxyl groups is 1. The van der Waals surface area contributed by atoms with Gasteiger partial charge in [-0.3, -0.25) is 10.1 Å². The fraction of sp³-hybridized carbons (Fsp3) is 0.833. The van der Waals surface area contributed by atoms with Crippen LogP contribution in [0.5, 0.6) is 0 Å². The second-order valence-corrected chi connectivity index (χ2v) is 2.71. The summed E-state index contributed by atoms with van der Waals surface area (Å²) in [5.41, 5.74) is 0. The van der Waals surface area contributed by atoms with Gasteiger partial charge in [-0.05, 0) is 12.3 Å². The summed E-state index contributed by atoms with van der Waals surface area (Å²) in [5, 5.41) is 20.0. The smallest absolute Gasteiger partial charge is 0.321 e. The summed E-state index contributed by atoms with van der Waals surface area (Å²) >= 11 is 0. The molecular formula is C6H11NO3. The number of hydrogen-bond acceptors (Lipinski definition) is 3. The van der Waals surface area contributed by atoms with E-state index in [-0.39, 0.29) is 5.92 Å². The van der Waals surface area contributed by atoms with E-state index < -0.39 is 18.2 Å². The molecule has 0 radical (unpaired) electrons. The highest BCUT2D eigenvalue weighted by Crippen LogP contribution is 2.17. The fourth-order valence-corrected chi connectivity index (χ4v) is 1.24. The van der Waals surface area contributed by atoms with E-state index in [2.05, 4.69) is 5.32 Å². The molecule has 3 N–H and O–H groups in total. The average Bonchev–Trinajstić information content (AvgIpc) is 2.10. The van der Waals surface area contributed by atoms with Gasteiger partial charge in [0.2, 0.25) is 0 Å². The molecule has 1 heterocycles. The van der Waals surface area contributed by atoms with E-state index in [0.29, 0.717) is 6.42 Å². The maximum absolute atomic E-state index is 10.4. The second-order valence-electron chi connectivity index (χ2n) is 2.71. The maximum Gasteiger partial charge on any atom is 0.321 e. The molecule has 0 aromatic rings. The van der Waals surface area contributed by atoms with Gasteiger partial charge < -0.3 is 10.2 Å². The first-order valence-corrected chi connectivity index (χ1v) is 3.28. The Morgan fingerprint density at radius 1 is 1.70 bits per heavy atom. The predicted octanol–water partition coefficient (Wildman–Crippen LogP) is -0.613. The zero-order valence-corrected chi connectivity index (χ0v) is 5.74. The summed E-state index contributed by atoms with van der Waals surface area (Å²) in [6.45, 7) is 1.81. The van der Waals surface area contributed by atoms with Crippen LogP contribution in [-0.4, -0.2) is 28.5 Å². The molecule has 1 aliphatic heterocycles. The van der Waals surface area contributed by atoms with Gasteiger partial charge in [-0.1, -0.05) is 6.92 Å². The van der Waals surface area contributed by atoms with Gasteiger partial charge in [0.15, 0.2) is 0 Å². The van der Waals surface area contributed by atoms with Crippen LogP contribution < -0.4 is 5.32 Å². The van der Waals surface area contributed by atoms with Crippen molar-refractivity contribution in [2.75, 3.05) is 0 Å². The molecular weight excluding hydrogens is 134 g/mol. The molecule has 1 fully saturated rings. The Bertz CT molecular complexity index is 148. The lowest BCUT2D eigenvalue weighted by atomic mass is 10.0. The first-order valence-electron chi connectivity index (χ1n) is 3.28. The number of nitrogens with one attached hydrogen (secondary N) is 1. The van der Waals surface area contributed by atoms with E-state index in [4.69, 9.17) is 10.2 Å². The Hall–Kier alpha value is -0.610. The molecule has 1 aliphatic rings. The summed E-state index contributed by atoms with van der Waals surface area (Å²) in [6.07, 6.45) is -0.118. The van der Waals surface area contributed by atoms with Gasteiger partial charge in [0, 0.05) is 0 Å². The number of aliphatic hydroxyl groups excluding tert-OH is 1. The van der Waals surface area contributed by atoms with Crippen LogP contribution in [0.3, 0.4) is 0 Å². The number of carbonyl (C=O) groups is 1. The molecule has 0 saturated carbocycles. The molecule has 58 valence electrons. The van der Waals surface area contributed by atoms with Crippen molar-refractivity contribution in [1.82, 2.24) is 5.32 Å². The van der Waals surface area contributed by atoms with Crippen LogP contribution in [-0.2, 0) is 4.79 Å². The Balaban J connectivity index is 2.54. The Morgan fingerprint density at radius 3 is 2.50 bits per heavy atom. The molecule has 3 atom stereocenters. The summed E-state index contributed by atoms with van der Waals surface area (Å²) in [7, 11) is 0. The molecule has 0 spiro atoms. The Morgan fingerprint density at radius 2 is 2.30 bits per heavy atom. The maximum atomic E-state index is 10.4. The standard InChI is InChI=1S/C6H11NO3/c1-3-2-4(8)7-5(3)6(9)10/h3-5,7-8H,2H2,1H3,(H,9,10)/t3-,4?,5-/m0/s1. The van der Waals surface area contributed by atoms with Gasteiger partial charge in [0.05, 0.1) is 0 Å². The van der Waals surface area contributed by atoms with Gasteiger partial charge in [-0.15, -0.1) is 0 Å². The van der Waals surface area contributed by atoms with Crippen molar-refractivity contribution in [2.45, 2.75) is 25.6 Å². The lowest BCUT2D eigenvalue weighted by Crippen LogP contribution is -2.37. The predicted molar refractivity (Wildman–Crippen MR) is 34.3 cm³/mol. The zero-order valence-electron chi connectivity index (χ0n) is 5.74. The third-order valence-corrected chi connectivity index (χ3v) is 1.80. The topological polar surface area (TPSA) is 69.6 Å². The normalized spacial score (nSPS) is 40.0. The Labute approximate surface area is 58.9 Å². The van der Waals surface area contributed by atoms with Crippen LogP contribution in [0.25, 0.3) is 0 Å². The van der Waals surface area contributed by atoms with E-state index in [1.807, 2.05) is 6.92 Å². The van der Waals surface area contributed by atoms with Gasteiger partial charge in [0.25, 0.3) is 0 Å². The molecule has 0 aromatic heterocycles. The molecule has 1 unspecified atom stereocenters. The van der Waals surface area contributed by atoms with E-state index in [1.54, 1.807) is 0 Å². The minimum Gasteiger partial charge on any atom is -0.480 e. The lowest BCUT2D eigenvalue weighted by molar-refractivity contribution is -0.140. The Kier molecular flexibility index (Phi) is 1.92. The average molecular weight is 145 g/mol. The van der Waals surface area contributed by atoms with Crippen molar-refractivity contribution in [1.29, 1.82) is 0 Å². The molecule has 10 heavy (non-hydrogen) atoms. The fourth-order valence-electron chi connectivity index (χ4n) is 1.24. The van der Waals surface area contributed by atoms with Crippen LogP contribution >= 0.6 is 0 Å². The molecule has 1 saturated heterocycles. The molecule has 1 rings (SSSR count). The number of carboxylic acid groups (broad SMARTS) is 1. The quantitative estimate of drug-likeness (QED) is 0.460. The molecule has 4 nitrogen and oxygen atoms in total. The monoisotopic (exact) mass is 145 g/mol. The van der Waals surface area contributed by atoms with Gasteiger partial charge >= 0.3 is 5.97 Å². The van der Waals surface area contributed by atoms with Crippen molar-refractivity contribution in [3.63, 3.8) is 0 Å². The van der Waals surface area contributed by atoms with E-state index in [0.717, 1.165) is 0 Å². The largest absolute Gasteiger partial charge is 0.480 e. The summed E-state index contributed by atoms with van der Waals surface area (Å²) < 4.78 is 0. The number of hydrogen-bond donors (Lipinski definition) is 3. The molecule has 0 amide bonds. The molecule has 0 aromatic carbocycles. The number of rotatable bonds is 1. The summed E-state index contributed by atoms with van der Waals surface area (Å²) in [4.78, 5) is 10.4. The van der Waals surface area contributed by atoms with Crippen molar-refractivity contribution < 1.29 is 15.0 Å². The minimum atomic E-state index is -0.885. The zero-order chi connectivity index (χ0) is 7.72. The van der Waals surface area contributed by atoms with Gasteiger partial charge in [-0.25, -0.2) is 0 Å². The highest BCUT2D eigenvalue weighted by molar-refractivity contribution is 5.74. The first-order chi connectivity index (χ1) is 4.61. The van der Waals surface area contributed by atoms with Crippen LogP contribution in [0.4, 0.5) is 0 Å². The van der Waals surface area contributed by atoms with Crippen LogP contribution in [0.15, 0.2) is 0 Å². The summed E-state index contributed by atoms with van der Waals surface area (Å²) in [5.74, 6) is -0.864. The SMILES string of the molecule is C[C@H]1CC(O)N[C@@H]1C(=O)O. The molecule has 0 bridgehead atoms. The third-order valence-electron chi connectivity index (χ3n) is 1.80. The molecule has 0 aliphatic carbocycles. The van der Waals surface area contributed by atoms with Gasteiger partial charge in [-0.2, -0.15) is 0 Å². The van der Waals surface area contributed by atoms with E-state index >= 15 is 0 Å². The summed E-state index contributed by atoms with van der Waals surface area (Å²) in [6, 6.07) is -0.574. The van der Waals surface area contributed by atoms with Crippen LogP contribution in [0.1, 0.15) is 13.3 Å². The van der Waals surface area contributed by atoms with Gasteiger partial charge in [0.1, 0.15) is 12.3 Å². The highest BCUT2D eigenvalue weighted by atomic mass is 16.4.